The Balaban J connectivity index is 1.54. The molecular weight excluding hydrogens is 220 g/mol. The first-order chi connectivity index (χ1) is 8.83. The Hall–Kier alpha value is -0.0800. The summed E-state index contributed by atoms with van der Waals surface area (Å²) < 4.78 is 0. The summed E-state index contributed by atoms with van der Waals surface area (Å²) in [6, 6.07) is 0.933. The average molecular weight is 250 g/mol. The van der Waals surface area contributed by atoms with Gasteiger partial charge in [0.1, 0.15) is 0 Å². The van der Waals surface area contributed by atoms with Crippen LogP contribution in [0.3, 0.4) is 0 Å². The third-order valence-electron chi connectivity index (χ3n) is 6.13. The lowest BCUT2D eigenvalue weighted by Gasteiger charge is -2.47. The van der Waals surface area contributed by atoms with Crippen LogP contribution in [0.2, 0.25) is 0 Å². The molecule has 3 fully saturated rings. The molecule has 2 atom stereocenters. The second kappa shape index (κ2) is 5.50. The van der Waals surface area contributed by atoms with Crippen molar-refractivity contribution in [2.45, 2.75) is 70.3 Å². The van der Waals surface area contributed by atoms with Crippen LogP contribution < -0.4 is 5.73 Å². The van der Waals surface area contributed by atoms with E-state index in [9.17, 15) is 0 Å². The van der Waals surface area contributed by atoms with E-state index in [1.807, 2.05) is 0 Å². The van der Waals surface area contributed by atoms with E-state index in [-0.39, 0.29) is 0 Å². The molecule has 1 aliphatic heterocycles. The summed E-state index contributed by atoms with van der Waals surface area (Å²) in [6.07, 6.45) is 14.5. The van der Waals surface area contributed by atoms with Crippen molar-refractivity contribution >= 4 is 0 Å². The highest BCUT2D eigenvalue weighted by molar-refractivity contribution is 4.92. The molecular formula is C16H30N2. The van der Waals surface area contributed by atoms with Crippen molar-refractivity contribution in [1.29, 1.82) is 0 Å². The number of rotatable bonds is 4. The van der Waals surface area contributed by atoms with Gasteiger partial charge < -0.3 is 10.6 Å². The molecule has 0 aromatic rings. The highest BCUT2D eigenvalue weighted by Gasteiger charge is 2.38. The monoisotopic (exact) mass is 250 g/mol. The smallest absolute Gasteiger partial charge is 0.0123 e. The van der Waals surface area contributed by atoms with Gasteiger partial charge in [0.15, 0.2) is 0 Å². The fraction of sp³-hybridized carbons (Fsp3) is 1.00. The molecule has 1 heterocycles. The van der Waals surface area contributed by atoms with Crippen LogP contribution in [0.1, 0.15) is 64.2 Å². The minimum atomic E-state index is 0.543. The number of hydrogen-bond acceptors (Lipinski definition) is 2. The van der Waals surface area contributed by atoms with Crippen molar-refractivity contribution in [2.75, 3.05) is 19.6 Å². The number of hydrogen-bond donors (Lipinski definition) is 1. The van der Waals surface area contributed by atoms with Crippen molar-refractivity contribution in [3.8, 4) is 0 Å². The largest absolute Gasteiger partial charge is 0.330 e. The third-order valence-corrected chi connectivity index (χ3v) is 6.13. The maximum absolute atomic E-state index is 6.00. The Bertz CT molecular complexity index is 265. The lowest BCUT2D eigenvalue weighted by atomic mass is 9.66. The van der Waals surface area contributed by atoms with Crippen molar-refractivity contribution in [3.05, 3.63) is 0 Å². The number of nitrogens with two attached hydrogens (primary N) is 1. The molecule has 0 aromatic carbocycles. The molecule has 2 nitrogen and oxygen atoms in total. The van der Waals surface area contributed by atoms with Crippen molar-refractivity contribution < 1.29 is 0 Å². The molecule has 2 unspecified atom stereocenters. The van der Waals surface area contributed by atoms with Gasteiger partial charge in [-0.25, -0.2) is 0 Å². The second-order valence-electron chi connectivity index (χ2n) is 7.10. The summed E-state index contributed by atoms with van der Waals surface area (Å²) in [6.45, 7) is 3.62. The first kappa shape index (κ1) is 12.9. The van der Waals surface area contributed by atoms with E-state index < -0.39 is 0 Å². The number of piperidine rings is 1. The molecule has 3 rings (SSSR count). The Morgan fingerprint density at radius 2 is 1.78 bits per heavy atom. The molecule has 0 amide bonds. The topological polar surface area (TPSA) is 29.3 Å². The number of likely N-dealkylation sites (tertiary alicyclic amines) is 1. The van der Waals surface area contributed by atoms with Crippen LogP contribution in [0.25, 0.3) is 0 Å². The van der Waals surface area contributed by atoms with Gasteiger partial charge in [-0.2, -0.15) is 0 Å². The highest BCUT2D eigenvalue weighted by atomic mass is 15.2. The van der Waals surface area contributed by atoms with Crippen molar-refractivity contribution in [1.82, 2.24) is 4.90 Å². The molecule has 0 radical (unpaired) electrons. The average Bonchev–Trinajstić information content (AvgIpc) is 2.38. The maximum Gasteiger partial charge on any atom is 0.0123 e. The fourth-order valence-electron chi connectivity index (χ4n) is 4.62. The first-order valence-electron chi connectivity index (χ1n) is 8.27. The van der Waals surface area contributed by atoms with Crippen molar-refractivity contribution in [3.63, 3.8) is 0 Å². The van der Waals surface area contributed by atoms with Crippen molar-refractivity contribution in [2.24, 2.45) is 17.1 Å². The van der Waals surface area contributed by atoms with Crippen LogP contribution in [-0.2, 0) is 0 Å². The standard InChI is InChI=1S/C16H30N2/c17-13-16(8-4-9-16)10-12-18-11-3-6-14-5-1-2-7-15(14)18/h14-15H,1-13,17H2. The zero-order valence-electron chi connectivity index (χ0n) is 11.9. The van der Waals surface area contributed by atoms with Crippen LogP contribution in [0.15, 0.2) is 0 Å². The molecule has 1 saturated heterocycles. The summed E-state index contributed by atoms with van der Waals surface area (Å²) >= 11 is 0. The van der Waals surface area contributed by atoms with Gasteiger partial charge in [-0.1, -0.05) is 19.3 Å². The van der Waals surface area contributed by atoms with E-state index in [0.717, 1.165) is 18.5 Å². The van der Waals surface area contributed by atoms with Gasteiger partial charge >= 0.3 is 0 Å². The van der Waals surface area contributed by atoms with E-state index >= 15 is 0 Å². The Morgan fingerprint density at radius 1 is 1.00 bits per heavy atom. The van der Waals surface area contributed by atoms with Gasteiger partial charge in [-0.3, -0.25) is 0 Å². The normalized spacial score (nSPS) is 35.8. The molecule has 2 N–H and O–H groups in total. The fourth-order valence-corrected chi connectivity index (χ4v) is 4.62. The summed E-state index contributed by atoms with van der Waals surface area (Å²) in [4.78, 5) is 2.84. The zero-order chi connectivity index (χ0) is 12.4. The maximum atomic E-state index is 6.00. The van der Waals surface area contributed by atoms with Crippen LogP contribution in [0.4, 0.5) is 0 Å². The predicted molar refractivity (Wildman–Crippen MR) is 76.5 cm³/mol. The lowest BCUT2D eigenvalue weighted by Crippen LogP contribution is -2.49. The van der Waals surface area contributed by atoms with Crippen LogP contribution in [0, 0.1) is 11.3 Å². The molecule has 0 spiro atoms. The summed E-state index contributed by atoms with van der Waals surface area (Å²) in [5, 5.41) is 0. The van der Waals surface area contributed by atoms with E-state index in [2.05, 4.69) is 4.90 Å². The van der Waals surface area contributed by atoms with Gasteiger partial charge in [0.2, 0.25) is 0 Å². The molecule has 0 aromatic heterocycles. The summed E-state index contributed by atoms with van der Waals surface area (Å²) in [5.74, 6) is 1.03. The Morgan fingerprint density at radius 3 is 2.50 bits per heavy atom. The predicted octanol–water partition coefficient (Wildman–Crippen LogP) is 3.16. The first-order valence-corrected chi connectivity index (χ1v) is 8.27. The van der Waals surface area contributed by atoms with Gasteiger partial charge in [-0.05, 0) is 75.9 Å². The molecule has 2 aliphatic carbocycles. The van der Waals surface area contributed by atoms with Gasteiger partial charge in [-0.15, -0.1) is 0 Å². The molecule has 2 heteroatoms. The van der Waals surface area contributed by atoms with Gasteiger partial charge in [0.05, 0.1) is 0 Å². The molecule has 18 heavy (non-hydrogen) atoms. The summed E-state index contributed by atoms with van der Waals surface area (Å²) in [7, 11) is 0. The van der Waals surface area contributed by atoms with Crippen LogP contribution in [-0.4, -0.2) is 30.6 Å². The third kappa shape index (κ3) is 2.46. The number of nitrogens with zero attached hydrogens (tertiary/aromatic N) is 1. The molecule has 2 saturated carbocycles. The van der Waals surface area contributed by atoms with Gasteiger partial charge in [0, 0.05) is 6.04 Å². The van der Waals surface area contributed by atoms with Gasteiger partial charge in [0.25, 0.3) is 0 Å². The molecule has 3 aliphatic rings. The highest BCUT2D eigenvalue weighted by Crippen LogP contribution is 2.44. The Kier molecular flexibility index (Phi) is 3.95. The SMILES string of the molecule is NCC1(CCN2CCCC3CCCCC32)CCC1. The minimum Gasteiger partial charge on any atom is -0.330 e. The van der Waals surface area contributed by atoms with Crippen LogP contribution in [0.5, 0.6) is 0 Å². The molecule has 104 valence electrons. The van der Waals surface area contributed by atoms with E-state index in [1.165, 1.54) is 77.3 Å². The molecule has 0 bridgehead atoms. The minimum absolute atomic E-state index is 0.543. The van der Waals surface area contributed by atoms with E-state index in [0.29, 0.717) is 5.41 Å². The van der Waals surface area contributed by atoms with E-state index in [4.69, 9.17) is 5.73 Å². The lowest BCUT2D eigenvalue weighted by molar-refractivity contribution is 0.0338. The Labute approximate surface area is 112 Å². The van der Waals surface area contributed by atoms with E-state index in [1.54, 1.807) is 0 Å². The zero-order valence-corrected chi connectivity index (χ0v) is 11.9. The van der Waals surface area contributed by atoms with Crippen LogP contribution >= 0.6 is 0 Å². The summed E-state index contributed by atoms with van der Waals surface area (Å²) in [5.41, 5.74) is 6.54. The second-order valence-corrected chi connectivity index (χ2v) is 7.10. The quantitative estimate of drug-likeness (QED) is 0.830. The number of fused-ring (bicyclic) bond motifs is 1.